The van der Waals surface area contributed by atoms with Crippen molar-refractivity contribution >= 4 is 23.2 Å². The van der Waals surface area contributed by atoms with Crippen molar-refractivity contribution in [3.8, 4) is 0 Å². The number of amides is 1. The molecule has 1 aliphatic rings. The lowest BCUT2D eigenvalue weighted by atomic mass is 10.1. The lowest BCUT2D eigenvalue weighted by Crippen LogP contribution is -2.33. The average molecular weight is 310 g/mol. The molecule has 1 aliphatic heterocycles. The van der Waals surface area contributed by atoms with Gasteiger partial charge in [0.25, 0.3) is 0 Å². The number of hydrogen-bond donors (Lipinski definition) is 1. The molecule has 0 bridgehead atoms. The molecule has 1 saturated heterocycles. The predicted octanol–water partition coefficient (Wildman–Crippen LogP) is 2.68. The highest BCUT2D eigenvalue weighted by atomic mass is 35.5. The molecule has 1 atom stereocenters. The highest BCUT2D eigenvalue weighted by molar-refractivity contribution is 6.33. The van der Waals surface area contributed by atoms with Crippen LogP contribution in [0.4, 0.5) is 5.69 Å². The van der Waals surface area contributed by atoms with E-state index in [1.54, 1.807) is 6.92 Å². The smallest absolute Gasteiger partial charge is 0.219 e. The summed E-state index contributed by atoms with van der Waals surface area (Å²) in [5, 5.41) is 4.00. The molecule has 0 aliphatic carbocycles. The molecule has 0 aromatic heterocycles. The molecule has 0 spiro atoms. The monoisotopic (exact) mass is 309 g/mol. The van der Waals surface area contributed by atoms with Crippen molar-refractivity contribution in [2.45, 2.75) is 26.3 Å². The third-order valence-corrected chi connectivity index (χ3v) is 4.49. The number of rotatable bonds is 3. The molecule has 1 heterocycles. The quantitative estimate of drug-likeness (QED) is 0.932. The Hall–Kier alpha value is -1.26. The Labute approximate surface area is 132 Å². The molecule has 1 unspecified atom stereocenters. The molecule has 1 N–H and O–H groups in total. The van der Waals surface area contributed by atoms with Gasteiger partial charge in [-0.3, -0.25) is 4.79 Å². The Balaban J connectivity index is 2.13. The number of carbonyl (C=O) groups excluding carboxylic acids is 1. The Kier molecular flexibility index (Phi) is 5.48. The van der Waals surface area contributed by atoms with Crippen LogP contribution in [0.15, 0.2) is 18.2 Å². The molecule has 1 aromatic carbocycles. The van der Waals surface area contributed by atoms with E-state index in [9.17, 15) is 4.79 Å². The van der Waals surface area contributed by atoms with Crippen LogP contribution in [0.3, 0.4) is 0 Å². The lowest BCUT2D eigenvalue weighted by molar-refractivity contribution is -0.128. The van der Waals surface area contributed by atoms with Gasteiger partial charge in [0, 0.05) is 39.1 Å². The minimum Gasteiger partial charge on any atom is -0.368 e. The highest BCUT2D eigenvalue weighted by Gasteiger charge is 2.18. The minimum absolute atomic E-state index is 0.154. The van der Waals surface area contributed by atoms with E-state index in [1.807, 2.05) is 18.0 Å². The first kappa shape index (κ1) is 16.1. The van der Waals surface area contributed by atoms with Crippen LogP contribution in [-0.2, 0) is 4.79 Å². The van der Waals surface area contributed by atoms with Crippen LogP contribution in [0, 0.1) is 0 Å². The zero-order valence-electron chi connectivity index (χ0n) is 13.0. The fraction of sp³-hybridized carbons (Fsp3) is 0.562. The van der Waals surface area contributed by atoms with Gasteiger partial charge in [0.2, 0.25) is 5.91 Å². The lowest BCUT2D eigenvalue weighted by Gasteiger charge is -2.25. The molecular weight excluding hydrogens is 286 g/mol. The fourth-order valence-electron chi connectivity index (χ4n) is 2.69. The second-order valence-corrected chi connectivity index (χ2v) is 5.98. The van der Waals surface area contributed by atoms with E-state index in [0.29, 0.717) is 0 Å². The first-order valence-corrected chi connectivity index (χ1v) is 7.88. The van der Waals surface area contributed by atoms with Gasteiger partial charge in [-0.2, -0.15) is 0 Å². The van der Waals surface area contributed by atoms with Gasteiger partial charge in [-0.15, -0.1) is 0 Å². The Morgan fingerprint density at radius 3 is 2.67 bits per heavy atom. The molecule has 21 heavy (non-hydrogen) atoms. The molecule has 1 amide bonds. The summed E-state index contributed by atoms with van der Waals surface area (Å²) in [6.07, 6.45) is 0.977. The fourth-order valence-corrected chi connectivity index (χ4v) is 3.00. The van der Waals surface area contributed by atoms with Crippen LogP contribution < -0.4 is 10.2 Å². The van der Waals surface area contributed by atoms with E-state index >= 15 is 0 Å². The summed E-state index contributed by atoms with van der Waals surface area (Å²) in [6.45, 7) is 7.11. The summed E-state index contributed by atoms with van der Waals surface area (Å²) in [6, 6.07) is 6.53. The molecular formula is C16H24ClN3O. The first-order valence-electron chi connectivity index (χ1n) is 7.50. The third kappa shape index (κ3) is 3.89. The zero-order chi connectivity index (χ0) is 15.4. The maximum absolute atomic E-state index is 11.5. The van der Waals surface area contributed by atoms with Gasteiger partial charge < -0.3 is 15.1 Å². The molecule has 4 nitrogen and oxygen atoms in total. The number of nitrogens with zero attached hydrogens (tertiary/aromatic N) is 2. The third-order valence-electron chi connectivity index (χ3n) is 4.19. The van der Waals surface area contributed by atoms with Gasteiger partial charge in [0.05, 0.1) is 10.7 Å². The van der Waals surface area contributed by atoms with Crippen molar-refractivity contribution in [3.05, 3.63) is 28.8 Å². The molecule has 0 radical (unpaired) electrons. The largest absolute Gasteiger partial charge is 0.368 e. The number of benzene rings is 1. The predicted molar refractivity (Wildman–Crippen MR) is 88.0 cm³/mol. The van der Waals surface area contributed by atoms with Gasteiger partial charge in [-0.1, -0.05) is 17.7 Å². The Morgan fingerprint density at radius 1 is 1.29 bits per heavy atom. The molecule has 1 fully saturated rings. The molecule has 0 saturated carbocycles. The second-order valence-electron chi connectivity index (χ2n) is 5.57. The Bertz CT molecular complexity index is 506. The number of anilines is 1. The SMILES string of the molecule is CNC(C)c1ccc(N2CCCN(C(C)=O)CC2)c(Cl)c1. The molecule has 5 heteroatoms. The van der Waals surface area contributed by atoms with Gasteiger partial charge in [0.1, 0.15) is 0 Å². The van der Waals surface area contributed by atoms with Crippen molar-refractivity contribution in [2.24, 2.45) is 0 Å². The van der Waals surface area contributed by atoms with Gasteiger partial charge in [0.15, 0.2) is 0 Å². The van der Waals surface area contributed by atoms with Gasteiger partial charge >= 0.3 is 0 Å². The van der Waals surface area contributed by atoms with E-state index in [4.69, 9.17) is 11.6 Å². The summed E-state index contributed by atoms with van der Waals surface area (Å²) in [4.78, 5) is 15.7. The summed E-state index contributed by atoms with van der Waals surface area (Å²) < 4.78 is 0. The summed E-state index contributed by atoms with van der Waals surface area (Å²) in [5.41, 5.74) is 2.25. The molecule has 116 valence electrons. The number of hydrogen-bond acceptors (Lipinski definition) is 3. The van der Waals surface area contributed by atoms with E-state index in [1.165, 1.54) is 5.56 Å². The maximum Gasteiger partial charge on any atom is 0.219 e. The summed E-state index contributed by atoms with van der Waals surface area (Å²) >= 11 is 6.47. The number of nitrogens with one attached hydrogen (secondary N) is 1. The maximum atomic E-state index is 11.5. The number of carbonyl (C=O) groups is 1. The van der Waals surface area contributed by atoms with Crippen LogP contribution in [-0.4, -0.2) is 44.0 Å². The van der Waals surface area contributed by atoms with E-state index in [2.05, 4.69) is 29.3 Å². The zero-order valence-corrected chi connectivity index (χ0v) is 13.8. The van der Waals surface area contributed by atoms with E-state index in [-0.39, 0.29) is 11.9 Å². The van der Waals surface area contributed by atoms with Crippen LogP contribution in [0.25, 0.3) is 0 Å². The van der Waals surface area contributed by atoms with Crippen molar-refractivity contribution in [3.63, 3.8) is 0 Å². The minimum atomic E-state index is 0.154. The highest BCUT2D eigenvalue weighted by Crippen LogP contribution is 2.29. The van der Waals surface area contributed by atoms with Gasteiger partial charge in [-0.25, -0.2) is 0 Å². The molecule has 1 aromatic rings. The molecule has 2 rings (SSSR count). The standard InChI is InChI=1S/C16H24ClN3O/c1-12(18-3)14-5-6-16(15(17)11-14)20-8-4-7-19(9-10-20)13(2)21/h5-6,11-12,18H,4,7-10H2,1-3H3. The van der Waals surface area contributed by atoms with Crippen molar-refractivity contribution < 1.29 is 4.79 Å². The first-order chi connectivity index (χ1) is 10.0. The van der Waals surface area contributed by atoms with E-state index < -0.39 is 0 Å². The van der Waals surface area contributed by atoms with Crippen molar-refractivity contribution in [2.75, 3.05) is 38.1 Å². The van der Waals surface area contributed by atoms with Crippen molar-refractivity contribution in [1.29, 1.82) is 0 Å². The van der Waals surface area contributed by atoms with E-state index in [0.717, 1.165) is 43.3 Å². The van der Waals surface area contributed by atoms with Crippen LogP contribution in [0.2, 0.25) is 5.02 Å². The summed E-state index contributed by atoms with van der Waals surface area (Å²) in [5.74, 6) is 0.154. The van der Waals surface area contributed by atoms with Crippen molar-refractivity contribution in [1.82, 2.24) is 10.2 Å². The second kappa shape index (κ2) is 7.14. The van der Waals surface area contributed by atoms with Crippen LogP contribution >= 0.6 is 11.6 Å². The average Bonchev–Trinajstić information content (AvgIpc) is 2.72. The number of halogens is 1. The van der Waals surface area contributed by atoms with Gasteiger partial charge in [-0.05, 0) is 38.1 Å². The summed E-state index contributed by atoms with van der Waals surface area (Å²) in [7, 11) is 1.94. The Morgan fingerprint density at radius 2 is 2.05 bits per heavy atom. The normalized spacial score (nSPS) is 17.5. The van der Waals surface area contributed by atoms with Crippen LogP contribution in [0.1, 0.15) is 31.9 Å². The topological polar surface area (TPSA) is 35.6 Å². The van der Waals surface area contributed by atoms with Crippen LogP contribution in [0.5, 0.6) is 0 Å².